The van der Waals surface area contributed by atoms with Gasteiger partial charge in [0.2, 0.25) is 0 Å². The number of nitro groups is 1. The van der Waals surface area contributed by atoms with Gasteiger partial charge in [0.1, 0.15) is 11.7 Å². The van der Waals surface area contributed by atoms with E-state index in [1.807, 2.05) is 0 Å². The predicted octanol–water partition coefficient (Wildman–Crippen LogP) is 0.0591. The van der Waals surface area contributed by atoms with Gasteiger partial charge in [-0.2, -0.15) is 0 Å². The number of aromatic nitrogens is 1. The van der Waals surface area contributed by atoms with E-state index < -0.39 is 28.8 Å². The van der Waals surface area contributed by atoms with Gasteiger partial charge in [-0.3, -0.25) is 19.7 Å². The van der Waals surface area contributed by atoms with Crippen molar-refractivity contribution in [3.63, 3.8) is 0 Å². The molecular weight excluding hydrogens is 286 g/mol. The van der Waals surface area contributed by atoms with E-state index in [1.165, 1.54) is 0 Å². The number of H-pyrrole nitrogens is 1. The van der Waals surface area contributed by atoms with Gasteiger partial charge in [-0.25, -0.2) is 4.79 Å². The first-order chi connectivity index (χ1) is 9.85. The van der Waals surface area contributed by atoms with Crippen molar-refractivity contribution in [1.82, 2.24) is 10.3 Å². The lowest BCUT2D eigenvalue weighted by Crippen LogP contribution is -2.41. The summed E-state index contributed by atoms with van der Waals surface area (Å²) in [4.78, 5) is 45.9. The predicted molar refractivity (Wildman–Crippen MR) is 67.6 cm³/mol. The van der Waals surface area contributed by atoms with Gasteiger partial charge in [-0.1, -0.05) is 0 Å². The molecule has 0 aliphatic rings. The molecule has 10 nitrogen and oxygen atoms in total. The standard InChI is InChI=1S/C11H13N3O7/c1-21-9(15)3-2-7(11(17)18)13-10(16)8-4-6(5-12-8)14(19)20/h4-5,7,12H,2-3H2,1H3,(H,13,16)(H,17,18)/t7-/m1/s1. The highest BCUT2D eigenvalue weighted by Gasteiger charge is 2.23. The summed E-state index contributed by atoms with van der Waals surface area (Å²) < 4.78 is 4.37. The van der Waals surface area contributed by atoms with Crippen molar-refractivity contribution in [2.75, 3.05) is 7.11 Å². The average molecular weight is 299 g/mol. The zero-order valence-corrected chi connectivity index (χ0v) is 11.0. The number of carbonyl (C=O) groups is 3. The van der Waals surface area contributed by atoms with Crippen LogP contribution < -0.4 is 5.32 Å². The Kier molecular flexibility index (Phi) is 5.40. The second-order valence-corrected chi connectivity index (χ2v) is 4.01. The Labute approximate surface area is 118 Å². The second-order valence-electron chi connectivity index (χ2n) is 4.01. The first-order valence-electron chi connectivity index (χ1n) is 5.78. The maximum atomic E-state index is 11.8. The minimum atomic E-state index is -1.33. The highest BCUT2D eigenvalue weighted by molar-refractivity contribution is 5.95. The molecule has 0 radical (unpaired) electrons. The van der Waals surface area contributed by atoms with Gasteiger partial charge < -0.3 is 20.1 Å². The fourth-order valence-corrected chi connectivity index (χ4v) is 1.48. The lowest BCUT2D eigenvalue weighted by molar-refractivity contribution is -0.384. The molecule has 0 unspecified atom stereocenters. The van der Waals surface area contributed by atoms with Gasteiger partial charge in [-0.15, -0.1) is 0 Å². The van der Waals surface area contributed by atoms with Gasteiger partial charge in [0.05, 0.1) is 18.2 Å². The monoisotopic (exact) mass is 299 g/mol. The van der Waals surface area contributed by atoms with E-state index in [2.05, 4.69) is 15.0 Å². The number of nitrogens with zero attached hydrogens (tertiary/aromatic N) is 1. The van der Waals surface area contributed by atoms with Gasteiger partial charge in [0.25, 0.3) is 11.6 Å². The van der Waals surface area contributed by atoms with Crippen LogP contribution in [0, 0.1) is 10.1 Å². The molecule has 0 saturated heterocycles. The number of aliphatic carboxylic acids is 1. The van der Waals surface area contributed by atoms with E-state index in [0.29, 0.717) is 0 Å². The van der Waals surface area contributed by atoms with E-state index in [0.717, 1.165) is 19.4 Å². The van der Waals surface area contributed by atoms with Crippen LogP contribution in [0.25, 0.3) is 0 Å². The van der Waals surface area contributed by atoms with Gasteiger partial charge in [0.15, 0.2) is 0 Å². The highest BCUT2D eigenvalue weighted by Crippen LogP contribution is 2.12. The number of amides is 1. The van der Waals surface area contributed by atoms with Crippen LogP contribution in [0.1, 0.15) is 23.3 Å². The molecule has 1 aromatic rings. The summed E-state index contributed by atoms with van der Waals surface area (Å²) in [6, 6.07) is -0.326. The molecule has 1 atom stereocenters. The molecule has 114 valence electrons. The number of methoxy groups -OCH3 is 1. The smallest absolute Gasteiger partial charge is 0.326 e. The number of esters is 1. The lowest BCUT2D eigenvalue weighted by atomic mass is 10.1. The largest absolute Gasteiger partial charge is 0.480 e. The summed E-state index contributed by atoms with van der Waals surface area (Å²) in [5.74, 6) is -2.75. The molecule has 0 aliphatic carbocycles. The van der Waals surface area contributed by atoms with Gasteiger partial charge in [-0.05, 0) is 6.42 Å². The number of ether oxygens (including phenoxy) is 1. The molecule has 0 aromatic carbocycles. The van der Waals surface area contributed by atoms with Crippen molar-refractivity contribution >= 4 is 23.5 Å². The number of carboxylic acids is 1. The topological polar surface area (TPSA) is 152 Å². The molecule has 1 heterocycles. The first kappa shape index (κ1) is 16.1. The minimum Gasteiger partial charge on any atom is -0.480 e. The van der Waals surface area contributed by atoms with Crippen LogP contribution in [-0.4, -0.2) is 46.0 Å². The van der Waals surface area contributed by atoms with E-state index in [4.69, 9.17) is 5.11 Å². The van der Waals surface area contributed by atoms with Crippen LogP contribution in [0.4, 0.5) is 5.69 Å². The molecule has 21 heavy (non-hydrogen) atoms. The Morgan fingerprint density at radius 1 is 1.52 bits per heavy atom. The van der Waals surface area contributed by atoms with Crippen molar-refractivity contribution in [1.29, 1.82) is 0 Å². The molecule has 1 amide bonds. The molecule has 0 fully saturated rings. The highest BCUT2D eigenvalue weighted by atomic mass is 16.6. The third kappa shape index (κ3) is 4.60. The average Bonchev–Trinajstić information content (AvgIpc) is 2.92. The van der Waals surface area contributed by atoms with Crippen LogP contribution in [0.2, 0.25) is 0 Å². The molecule has 0 spiro atoms. The quantitative estimate of drug-likeness (QED) is 0.365. The molecule has 1 rings (SSSR count). The Balaban J connectivity index is 2.69. The summed E-state index contributed by atoms with van der Waals surface area (Å²) in [6.45, 7) is 0. The molecule has 0 saturated carbocycles. The summed E-state index contributed by atoms with van der Waals surface area (Å²) >= 11 is 0. The minimum absolute atomic E-state index is 0.147. The van der Waals surface area contributed by atoms with Crippen LogP contribution >= 0.6 is 0 Å². The first-order valence-corrected chi connectivity index (χ1v) is 5.78. The maximum Gasteiger partial charge on any atom is 0.326 e. The zero-order chi connectivity index (χ0) is 16.0. The summed E-state index contributed by atoms with van der Waals surface area (Å²) in [7, 11) is 1.16. The van der Waals surface area contributed by atoms with Crippen molar-refractivity contribution in [3.8, 4) is 0 Å². The van der Waals surface area contributed by atoms with Gasteiger partial charge in [0, 0.05) is 12.5 Å². The molecule has 0 bridgehead atoms. The number of hydrogen-bond donors (Lipinski definition) is 3. The number of rotatable bonds is 7. The Morgan fingerprint density at radius 2 is 2.19 bits per heavy atom. The van der Waals surface area contributed by atoms with Crippen molar-refractivity contribution in [2.24, 2.45) is 0 Å². The number of carbonyl (C=O) groups excluding carboxylic acids is 2. The van der Waals surface area contributed by atoms with Crippen molar-refractivity contribution in [2.45, 2.75) is 18.9 Å². The van der Waals surface area contributed by atoms with Crippen molar-refractivity contribution in [3.05, 3.63) is 28.1 Å². The number of hydrogen-bond acceptors (Lipinski definition) is 6. The second kappa shape index (κ2) is 7.03. The Hall–Kier alpha value is -2.91. The SMILES string of the molecule is COC(=O)CC[C@@H](NC(=O)c1cc([N+](=O)[O-])c[nH]1)C(=O)O. The molecular formula is C11H13N3O7. The lowest BCUT2D eigenvalue weighted by Gasteiger charge is -2.13. The van der Waals surface area contributed by atoms with E-state index >= 15 is 0 Å². The zero-order valence-electron chi connectivity index (χ0n) is 11.0. The number of nitrogens with one attached hydrogen (secondary N) is 2. The van der Waals surface area contributed by atoms with Crippen LogP contribution in [-0.2, 0) is 14.3 Å². The van der Waals surface area contributed by atoms with E-state index in [-0.39, 0.29) is 24.2 Å². The van der Waals surface area contributed by atoms with E-state index in [9.17, 15) is 24.5 Å². The molecule has 3 N–H and O–H groups in total. The summed E-state index contributed by atoms with van der Waals surface area (Å²) in [5, 5.41) is 21.6. The van der Waals surface area contributed by atoms with Crippen molar-refractivity contribution < 1.29 is 29.2 Å². The summed E-state index contributed by atoms with van der Waals surface area (Å²) in [5.41, 5.74) is -0.465. The molecule has 1 aromatic heterocycles. The fraction of sp³-hybridized carbons (Fsp3) is 0.364. The normalized spacial score (nSPS) is 11.5. The van der Waals surface area contributed by atoms with Crippen LogP contribution in [0.15, 0.2) is 12.3 Å². The van der Waals surface area contributed by atoms with E-state index in [1.54, 1.807) is 0 Å². The Morgan fingerprint density at radius 3 is 2.67 bits per heavy atom. The maximum absolute atomic E-state index is 11.8. The van der Waals surface area contributed by atoms with Crippen LogP contribution in [0.3, 0.4) is 0 Å². The fourth-order valence-electron chi connectivity index (χ4n) is 1.48. The third-order valence-corrected chi connectivity index (χ3v) is 2.59. The number of carboxylic acid groups (broad SMARTS) is 1. The Bertz CT molecular complexity index is 566. The molecule has 0 aliphatic heterocycles. The van der Waals surface area contributed by atoms with Gasteiger partial charge >= 0.3 is 11.9 Å². The summed E-state index contributed by atoms with van der Waals surface area (Å²) in [6.07, 6.45) is 0.675. The number of aromatic amines is 1. The van der Waals surface area contributed by atoms with Crippen LogP contribution in [0.5, 0.6) is 0 Å². The third-order valence-electron chi connectivity index (χ3n) is 2.59. The molecule has 10 heteroatoms.